The molecule has 2 heterocycles. The fraction of sp³-hybridized carbons (Fsp3) is 0.148. The molecular formula is C27H22N2O6S. The number of hydrogen-bond donors (Lipinski definition) is 3. The Hall–Kier alpha value is -4.08. The van der Waals surface area contributed by atoms with Crippen LogP contribution >= 0.6 is 11.8 Å². The normalized spacial score (nSPS) is 16.0. The van der Waals surface area contributed by atoms with Crippen LogP contribution in [0, 0.1) is 0 Å². The predicted molar refractivity (Wildman–Crippen MR) is 140 cm³/mol. The van der Waals surface area contributed by atoms with Gasteiger partial charge in [-0.1, -0.05) is 23.9 Å². The van der Waals surface area contributed by atoms with Crippen molar-refractivity contribution in [2.75, 3.05) is 19.7 Å². The lowest BCUT2D eigenvalue weighted by Crippen LogP contribution is -2.27. The average Bonchev–Trinajstić information content (AvgIpc) is 3.24. The number of β-amino-alcohol motifs (C(OH)–C–C–N with tert-alkyl or cyclic N) is 1. The van der Waals surface area contributed by atoms with Gasteiger partial charge in [0.05, 0.1) is 24.4 Å². The molecule has 1 fully saturated rings. The van der Waals surface area contributed by atoms with E-state index in [-0.39, 0.29) is 29.1 Å². The molecule has 1 saturated heterocycles. The summed E-state index contributed by atoms with van der Waals surface area (Å²) in [7, 11) is 0. The van der Waals surface area contributed by atoms with Gasteiger partial charge in [-0.05, 0) is 48.9 Å². The second-order valence-corrected chi connectivity index (χ2v) is 9.34. The van der Waals surface area contributed by atoms with Crippen molar-refractivity contribution < 1.29 is 24.5 Å². The van der Waals surface area contributed by atoms with E-state index in [1.54, 1.807) is 24.3 Å². The number of rotatable bonds is 5. The number of carboxylic acid groups (broad SMARTS) is 1. The summed E-state index contributed by atoms with van der Waals surface area (Å²) in [5.74, 6) is -0.854. The van der Waals surface area contributed by atoms with E-state index >= 15 is 0 Å². The first-order chi connectivity index (χ1) is 17.4. The number of aliphatic hydroxyl groups excluding tert-OH is 1. The average molecular weight is 503 g/mol. The Bertz CT molecular complexity index is 1590. The summed E-state index contributed by atoms with van der Waals surface area (Å²) >= 11 is 1.49. The molecule has 8 nitrogen and oxygen atoms in total. The first kappa shape index (κ1) is 23.7. The van der Waals surface area contributed by atoms with E-state index in [0.717, 1.165) is 4.91 Å². The number of carbonyl (C=O) groups is 1. The number of nitrogens with zero attached hydrogens (tertiary/aromatic N) is 2. The summed E-state index contributed by atoms with van der Waals surface area (Å²) in [4.78, 5) is 32.1. The number of thioether (sulfide) groups is 1. The van der Waals surface area contributed by atoms with E-state index in [2.05, 4.69) is 4.99 Å². The van der Waals surface area contributed by atoms with Gasteiger partial charge in [0.15, 0.2) is 10.6 Å². The summed E-state index contributed by atoms with van der Waals surface area (Å²) in [5, 5.41) is 30.8. The number of amidine groups is 1. The zero-order chi connectivity index (χ0) is 25.4. The third-order valence-electron chi connectivity index (χ3n) is 5.94. The van der Waals surface area contributed by atoms with Crippen LogP contribution in [0.5, 0.6) is 5.75 Å². The molecule has 182 valence electrons. The molecule has 0 radical (unpaired) electrons. The molecule has 5 rings (SSSR count). The lowest BCUT2D eigenvalue weighted by molar-refractivity contribution is 0.0697. The van der Waals surface area contributed by atoms with Gasteiger partial charge in [-0.3, -0.25) is 4.79 Å². The molecule has 3 aliphatic rings. The number of benzene rings is 3. The van der Waals surface area contributed by atoms with E-state index in [0.29, 0.717) is 51.6 Å². The van der Waals surface area contributed by atoms with Crippen LogP contribution in [0.3, 0.4) is 0 Å². The SMILES string of the molecule is C/C=C1/CN(CCO)C(=Nc2ccc(-c3c4ccc(=O)cc-4oc4cc(O)ccc34)c(C(=O)O)c2)S1. The van der Waals surface area contributed by atoms with Crippen molar-refractivity contribution in [2.45, 2.75) is 6.92 Å². The second kappa shape index (κ2) is 9.52. The van der Waals surface area contributed by atoms with Crippen molar-refractivity contribution in [3.8, 4) is 28.2 Å². The third-order valence-corrected chi connectivity index (χ3v) is 7.10. The Morgan fingerprint density at radius 2 is 1.94 bits per heavy atom. The standard InChI is InChI=1S/C27H22N2O6S/c1-2-18-14-29(9-10-30)27(36-18)28-15-3-6-19(22(11-15)26(33)34)25-20-7-4-16(31)12-23(20)35-24-13-17(32)5-8-21(24)25/h2-8,11-13,30-31H,9-10,14H2,1H3,(H,33,34)/b18-2-,28-27?. The van der Waals surface area contributed by atoms with Gasteiger partial charge < -0.3 is 24.6 Å². The lowest BCUT2D eigenvalue weighted by Gasteiger charge is -2.17. The minimum absolute atomic E-state index is 0.0125. The number of hydrogen-bond acceptors (Lipinski definition) is 7. The summed E-state index contributed by atoms with van der Waals surface area (Å²) in [6, 6.07) is 13.9. The number of phenols is 1. The summed E-state index contributed by atoms with van der Waals surface area (Å²) in [5.41, 5.74) is 2.17. The summed E-state index contributed by atoms with van der Waals surface area (Å²) in [6.45, 7) is 2.99. The van der Waals surface area contributed by atoms with Gasteiger partial charge in [-0.2, -0.15) is 0 Å². The van der Waals surface area contributed by atoms with Gasteiger partial charge in [-0.25, -0.2) is 9.79 Å². The largest absolute Gasteiger partial charge is 0.508 e. The fourth-order valence-corrected chi connectivity index (χ4v) is 5.27. The highest BCUT2D eigenvalue weighted by molar-refractivity contribution is 8.17. The number of carboxylic acids is 1. The van der Waals surface area contributed by atoms with Crippen LogP contribution in [0.1, 0.15) is 17.3 Å². The first-order valence-corrected chi connectivity index (χ1v) is 12.0. The molecule has 9 heteroatoms. The maximum Gasteiger partial charge on any atom is 0.336 e. The molecule has 2 aromatic carbocycles. The molecule has 0 unspecified atom stereocenters. The molecular weight excluding hydrogens is 480 g/mol. The van der Waals surface area contributed by atoms with Gasteiger partial charge in [0, 0.05) is 40.1 Å². The number of aliphatic imine (C=N–C) groups is 1. The van der Waals surface area contributed by atoms with E-state index < -0.39 is 5.97 Å². The molecule has 2 aromatic rings. The predicted octanol–water partition coefficient (Wildman–Crippen LogP) is 4.90. The molecule has 0 aromatic heterocycles. The molecule has 0 atom stereocenters. The minimum Gasteiger partial charge on any atom is -0.508 e. The van der Waals surface area contributed by atoms with E-state index in [1.807, 2.05) is 17.9 Å². The van der Waals surface area contributed by atoms with E-state index in [1.165, 1.54) is 42.1 Å². The number of allylic oxidation sites excluding steroid dienone is 1. The van der Waals surface area contributed by atoms with Crippen molar-refractivity contribution in [1.29, 1.82) is 0 Å². The number of phenolic OH excluding ortho intramolecular Hbond substituents is 1. The molecule has 0 saturated carbocycles. The highest BCUT2D eigenvalue weighted by atomic mass is 32.2. The van der Waals surface area contributed by atoms with Crippen molar-refractivity contribution in [2.24, 2.45) is 4.99 Å². The van der Waals surface area contributed by atoms with Crippen LogP contribution in [-0.4, -0.2) is 51.1 Å². The Morgan fingerprint density at radius 3 is 2.69 bits per heavy atom. The maximum absolute atomic E-state index is 12.4. The highest BCUT2D eigenvalue weighted by Crippen LogP contribution is 2.43. The van der Waals surface area contributed by atoms with E-state index in [9.17, 15) is 24.9 Å². The molecule has 0 spiro atoms. The van der Waals surface area contributed by atoms with Crippen LogP contribution in [0.25, 0.3) is 33.4 Å². The van der Waals surface area contributed by atoms with Crippen molar-refractivity contribution >= 4 is 39.6 Å². The van der Waals surface area contributed by atoms with Crippen LogP contribution in [-0.2, 0) is 0 Å². The number of aromatic hydroxyl groups is 1. The van der Waals surface area contributed by atoms with Crippen LogP contribution < -0.4 is 5.43 Å². The van der Waals surface area contributed by atoms with Crippen LogP contribution in [0.15, 0.2) is 79.8 Å². The number of fused-ring (bicyclic) bond motifs is 2. The van der Waals surface area contributed by atoms with Crippen LogP contribution in [0.2, 0.25) is 0 Å². The Morgan fingerprint density at radius 1 is 1.14 bits per heavy atom. The molecule has 0 amide bonds. The summed E-state index contributed by atoms with van der Waals surface area (Å²) < 4.78 is 5.87. The minimum atomic E-state index is -1.13. The molecule has 2 aliphatic heterocycles. The Labute approximate surface area is 210 Å². The zero-order valence-electron chi connectivity index (χ0n) is 19.3. The monoisotopic (exact) mass is 502 g/mol. The first-order valence-electron chi connectivity index (χ1n) is 11.2. The van der Waals surface area contributed by atoms with Crippen molar-refractivity contribution in [3.63, 3.8) is 0 Å². The second-order valence-electron chi connectivity index (χ2n) is 8.25. The highest BCUT2D eigenvalue weighted by Gasteiger charge is 2.25. The number of aliphatic hydroxyl groups is 1. The van der Waals surface area contributed by atoms with Crippen molar-refractivity contribution in [3.05, 3.63) is 81.4 Å². The molecule has 36 heavy (non-hydrogen) atoms. The van der Waals surface area contributed by atoms with Gasteiger partial charge in [-0.15, -0.1) is 0 Å². The quantitative estimate of drug-likeness (QED) is 0.329. The fourth-order valence-electron chi connectivity index (χ4n) is 4.27. The number of aromatic carboxylic acids is 1. The van der Waals surface area contributed by atoms with Gasteiger partial charge in [0.25, 0.3) is 0 Å². The maximum atomic E-state index is 12.4. The topological polar surface area (TPSA) is 124 Å². The zero-order valence-corrected chi connectivity index (χ0v) is 20.1. The smallest absolute Gasteiger partial charge is 0.336 e. The Balaban J connectivity index is 1.71. The Kier molecular flexibility index (Phi) is 6.26. The molecule has 1 aliphatic carbocycles. The lowest BCUT2D eigenvalue weighted by atomic mass is 9.90. The molecule has 0 bridgehead atoms. The van der Waals surface area contributed by atoms with Crippen LogP contribution in [0.4, 0.5) is 5.69 Å². The molecule has 3 N–H and O–H groups in total. The van der Waals surface area contributed by atoms with Gasteiger partial charge in [0.2, 0.25) is 0 Å². The van der Waals surface area contributed by atoms with Crippen molar-refractivity contribution in [1.82, 2.24) is 4.90 Å². The van der Waals surface area contributed by atoms with Gasteiger partial charge in [0.1, 0.15) is 17.1 Å². The summed E-state index contributed by atoms with van der Waals surface area (Å²) in [6.07, 6.45) is 1.99. The van der Waals surface area contributed by atoms with E-state index in [4.69, 9.17) is 4.42 Å². The van der Waals surface area contributed by atoms with Gasteiger partial charge >= 0.3 is 5.97 Å². The third kappa shape index (κ3) is 4.34.